The molecule has 1 fully saturated rings. The number of rotatable bonds is 5. The van der Waals surface area contributed by atoms with Crippen LogP contribution in [0.3, 0.4) is 0 Å². The minimum Gasteiger partial charge on any atom is -0.495 e. The van der Waals surface area contributed by atoms with Gasteiger partial charge in [-0.1, -0.05) is 23.6 Å². The van der Waals surface area contributed by atoms with E-state index in [1.165, 1.54) is 23.5 Å². The number of aryl methyl sites for hydroxylation is 1. The fourth-order valence-corrected chi connectivity index (χ4v) is 4.36. The van der Waals surface area contributed by atoms with E-state index in [1.54, 1.807) is 6.07 Å². The summed E-state index contributed by atoms with van der Waals surface area (Å²) in [6.07, 6.45) is 0.666. The highest BCUT2D eigenvalue weighted by Crippen LogP contribution is 2.29. The van der Waals surface area contributed by atoms with Crippen molar-refractivity contribution in [2.75, 3.05) is 38.2 Å². The normalized spacial score (nSPS) is 16.2. The van der Waals surface area contributed by atoms with Crippen LogP contribution in [0.1, 0.15) is 12.8 Å². The maximum Gasteiger partial charge on any atom is 0.318 e. The van der Waals surface area contributed by atoms with Crippen molar-refractivity contribution in [3.63, 3.8) is 0 Å². The summed E-state index contributed by atoms with van der Waals surface area (Å²) in [4.78, 5) is 2.04. The van der Waals surface area contributed by atoms with Crippen molar-refractivity contribution in [1.82, 2.24) is 14.5 Å². The molecule has 1 aliphatic heterocycles. The minimum atomic E-state index is -3.61. The molecule has 3 rings (SSSR count). The lowest BCUT2D eigenvalue weighted by Crippen LogP contribution is -2.48. The molecule has 0 amide bonds. The van der Waals surface area contributed by atoms with Gasteiger partial charge in [0.25, 0.3) is 0 Å². The van der Waals surface area contributed by atoms with E-state index in [9.17, 15) is 8.42 Å². The van der Waals surface area contributed by atoms with Gasteiger partial charge in [-0.25, -0.2) is 8.42 Å². The number of methoxy groups -OCH3 is 1. The van der Waals surface area contributed by atoms with Gasteiger partial charge in [0, 0.05) is 32.6 Å². The van der Waals surface area contributed by atoms with Gasteiger partial charge in [-0.2, -0.15) is 4.31 Å². The number of nitrogens with zero attached hydrogens (tertiary/aromatic N) is 4. The van der Waals surface area contributed by atoms with Gasteiger partial charge in [0.1, 0.15) is 5.75 Å². The third-order valence-corrected chi connectivity index (χ3v) is 6.22. The molecule has 8 nitrogen and oxygen atoms in total. The quantitative estimate of drug-likeness (QED) is 0.774. The minimum absolute atomic E-state index is 0.151. The van der Waals surface area contributed by atoms with Crippen molar-refractivity contribution in [1.29, 1.82) is 0 Å². The molecule has 0 bridgehead atoms. The Morgan fingerprint density at radius 2 is 1.96 bits per heavy atom. The molecule has 1 aliphatic rings. The first-order valence-electron chi connectivity index (χ1n) is 7.86. The third kappa shape index (κ3) is 3.58. The summed E-state index contributed by atoms with van der Waals surface area (Å²) in [5.41, 5.74) is 0. The number of hydrogen-bond acceptors (Lipinski definition) is 7. The Kier molecular flexibility index (Phi) is 5.16. The van der Waals surface area contributed by atoms with Gasteiger partial charge in [0.2, 0.25) is 15.9 Å². The number of sulfonamides is 1. The molecule has 0 radical (unpaired) electrons. The van der Waals surface area contributed by atoms with E-state index in [0.29, 0.717) is 50.3 Å². The van der Waals surface area contributed by atoms with Crippen molar-refractivity contribution in [2.45, 2.75) is 18.2 Å². The Morgan fingerprint density at radius 1 is 1.24 bits per heavy atom. The van der Waals surface area contributed by atoms with Gasteiger partial charge < -0.3 is 14.1 Å². The number of aromatic nitrogens is 2. The van der Waals surface area contributed by atoms with Crippen LogP contribution in [0.2, 0.25) is 5.02 Å². The fraction of sp³-hybridized carbons (Fsp3) is 0.467. The monoisotopic (exact) mass is 386 g/mol. The lowest BCUT2D eigenvalue weighted by molar-refractivity contribution is 0.369. The van der Waals surface area contributed by atoms with E-state index >= 15 is 0 Å². The Morgan fingerprint density at radius 3 is 2.52 bits per heavy atom. The standard InChI is InChI=1S/C15H19ClN4O4S/c1-3-14-17-18-15(24-14)19-6-8-20(9-7-19)25(21,22)11-4-5-13(23-2)12(16)10-11/h4-5,10H,3,6-9H2,1-2H3. The molecule has 10 heteroatoms. The van der Waals surface area contributed by atoms with Crippen LogP contribution < -0.4 is 9.64 Å². The summed E-state index contributed by atoms with van der Waals surface area (Å²) in [6, 6.07) is 4.89. The predicted molar refractivity (Wildman–Crippen MR) is 92.7 cm³/mol. The Labute approximate surface area is 151 Å². The van der Waals surface area contributed by atoms with Crippen LogP contribution in [-0.4, -0.2) is 56.2 Å². The van der Waals surface area contributed by atoms with Crippen molar-refractivity contribution >= 4 is 27.6 Å². The Hall–Kier alpha value is -1.84. The van der Waals surface area contributed by atoms with E-state index in [2.05, 4.69) is 10.2 Å². The van der Waals surface area contributed by atoms with E-state index < -0.39 is 10.0 Å². The molecule has 0 atom stereocenters. The summed E-state index contributed by atoms with van der Waals surface area (Å²) in [7, 11) is -2.13. The average Bonchev–Trinajstić information content (AvgIpc) is 3.11. The molecule has 25 heavy (non-hydrogen) atoms. The summed E-state index contributed by atoms with van der Waals surface area (Å²) in [5, 5.41) is 8.20. The summed E-state index contributed by atoms with van der Waals surface area (Å²) in [5.74, 6) is 1.01. The molecule has 0 saturated carbocycles. The number of benzene rings is 1. The van der Waals surface area contributed by atoms with E-state index in [-0.39, 0.29) is 9.92 Å². The molecule has 0 N–H and O–H groups in total. The maximum absolute atomic E-state index is 12.8. The van der Waals surface area contributed by atoms with Crippen LogP contribution in [0, 0.1) is 0 Å². The van der Waals surface area contributed by atoms with Crippen LogP contribution in [0.4, 0.5) is 6.01 Å². The van der Waals surface area contributed by atoms with Gasteiger partial charge in [-0.3, -0.25) is 0 Å². The average molecular weight is 387 g/mol. The first-order valence-corrected chi connectivity index (χ1v) is 9.68. The lowest BCUT2D eigenvalue weighted by Gasteiger charge is -2.32. The smallest absolute Gasteiger partial charge is 0.318 e. The number of ether oxygens (including phenoxy) is 1. The van der Waals surface area contributed by atoms with Crippen molar-refractivity contribution in [3.8, 4) is 5.75 Å². The van der Waals surface area contributed by atoms with Gasteiger partial charge in [-0.15, -0.1) is 5.10 Å². The molecular formula is C15H19ClN4O4S. The zero-order valence-electron chi connectivity index (χ0n) is 14.0. The number of halogens is 1. The third-order valence-electron chi connectivity index (χ3n) is 4.03. The van der Waals surface area contributed by atoms with Crippen LogP contribution >= 0.6 is 11.6 Å². The summed E-state index contributed by atoms with van der Waals surface area (Å²) in [6.45, 7) is 3.55. The SMILES string of the molecule is CCc1nnc(N2CCN(S(=O)(=O)c3ccc(OC)c(Cl)c3)CC2)o1. The van der Waals surface area contributed by atoms with Gasteiger partial charge in [0.05, 0.1) is 17.0 Å². The lowest BCUT2D eigenvalue weighted by atomic mass is 10.3. The molecule has 0 unspecified atom stereocenters. The molecule has 0 spiro atoms. The van der Waals surface area contributed by atoms with Gasteiger partial charge in [-0.05, 0) is 18.2 Å². The van der Waals surface area contributed by atoms with E-state index in [1.807, 2.05) is 11.8 Å². The molecular weight excluding hydrogens is 368 g/mol. The van der Waals surface area contributed by atoms with Crippen molar-refractivity contribution in [3.05, 3.63) is 29.1 Å². The molecule has 2 aromatic rings. The first-order chi connectivity index (χ1) is 12.0. The largest absolute Gasteiger partial charge is 0.495 e. The topological polar surface area (TPSA) is 88.8 Å². The zero-order chi connectivity index (χ0) is 18.0. The highest BCUT2D eigenvalue weighted by molar-refractivity contribution is 7.89. The number of hydrogen-bond donors (Lipinski definition) is 0. The zero-order valence-corrected chi connectivity index (χ0v) is 15.5. The molecule has 0 aliphatic carbocycles. The van der Waals surface area contributed by atoms with Crippen molar-refractivity contribution in [2.24, 2.45) is 0 Å². The first kappa shape index (κ1) is 18.0. The molecule has 1 saturated heterocycles. The van der Waals surface area contributed by atoms with Crippen LogP contribution in [0.25, 0.3) is 0 Å². The predicted octanol–water partition coefficient (Wildman–Crippen LogP) is 1.80. The van der Waals surface area contributed by atoms with Crippen LogP contribution in [0.5, 0.6) is 5.75 Å². The molecule has 2 heterocycles. The summed E-state index contributed by atoms with van der Waals surface area (Å²) >= 11 is 6.05. The molecule has 1 aromatic heterocycles. The van der Waals surface area contributed by atoms with Gasteiger partial charge in [0.15, 0.2) is 0 Å². The Balaban J connectivity index is 1.72. The molecule has 1 aromatic carbocycles. The van der Waals surface area contributed by atoms with E-state index in [0.717, 1.165) is 0 Å². The summed E-state index contributed by atoms with van der Waals surface area (Å²) < 4.78 is 37.6. The Bertz CT molecular complexity index is 847. The maximum atomic E-state index is 12.8. The van der Waals surface area contributed by atoms with E-state index in [4.69, 9.17) is 20.8 Å². The number of piperazine rings is 1. The highest BCUT2D eigenvalue weighted by atomic mass is 35.5. The fourth-order valence-electron chi connectivity index (χ4n) is 2.59. The van der Waals surface area contributed by atoms with Crippen LogP contribution in [-0.2, 0) is 16.4 Å². The van der Waals surface area contributed by atoms with Crippen molar-refractivity contribution < 1.29 is 17.6 Å². The van der Waals surface area contributed by atoms with Gasteiger partial charge >= 0.3 is 6.01 Å². The highest BCUT2D eigenvalue weighted by Gasteiger charge is 2.30. The molecule has 136 valence electrons. The second kappa shape index (κ2) is 7.19. The number of anilines is 1. The second-order valence-corrected chi connectivity index (χ2v) is 7.86. The van der Waals surface area contributed by atoms with Crippen LogP contribution in [0.15, 0.2) is 27.5 Å². The second-order valence-electron chi connectivity index (χ2n) is 5.52.